The van der Waals surface area contributed by atoms with Crippen LogP contribution in [0.4, 0.5) is 63.1 Å². The van der Waals surface area contributed by atoms with E-state index in [9.17, 15) is 57.8 Å². The number of nitrogens with zero attached hydrogens (tertiary/aromatic N) is 12. The third-order valence-electron chi connectivity index (χ3n) is 17.6. The average Bonchev–Trinajstić information content (AvgIpc) is 0.740. The Morgan fingerprint density at radius 3 is 0.886 bits per heavy atom. The van der Waals surface area contributed by atoms with Crippen LogP contribution in [0.1, 0.15) is 153 Å². The standard InChI is InChI=1S/4C26H27FN4O2/c4*1-5-33-25-14-24-22(13-18(25)12-21(32)7-6-10-31(3)4)26(19(15-28)16-29-24)30-20-8-9-23(27)17(2)11-20/h4*6-9,11,13-14,16H,5,10,12H2,1-4H3,(H,29,30)/b4*7-6+/i1D3,5D2,6D,7D,10D2,13D,14D,16D;1D3,3D3,5D2,6D,7D,13D,14D,16D;3D3,5D2,6D,7D,13D,14D,16D;3D3,6D,7D,13D,14D,16D. The van der Waals surface area contributed by atoms with Crippen LogP contribution in [-0.4, -0.2) is 171 Å². The smallest absolute Gasteiger partial charge is 0.159 e. The van der Waals surface area contributed by atoms with Gasteiger partial charge in [-0.15, -0.1) is 0 Å². The normalized spacial score (nSPS) is 17.4. The second-order valence-corrected chi connectivity index (χ2v) is 28.1. The van der Waals surface area contributed by atoms with Gasteiger partial charge in [0.2, 0.25) is 0 Å². The maximum atomic E-state index is 14.0. The summed E-state index contributed by atoms with van der Waals surface area (Å²) in [6.45, 7) is -19.7. The Morgan fingerprint density at radius 2 is 0.659 bits per heavy atom. The molecule has 0 fully saturated rings. The van der Waals surface area contributed by atoms with Gasteiger partial charge in [-0.1, -0.05) is 24.2 Å². The highest BCUT2D eigenvalue weighted by Gasteiger charge is 2.23. The van der Waals surface area contributed by atoms with Crippen LogP contribution in [0, 0.1) is 96.3 Å². The fourth-order valence-electron chi connectivity index (χ4n) is 11.6. The lowest BCUT2D eigenvalue weighted by atomic mass is 10.0. The molecule has 680 valence electrons. The Bertz CT molecular complexity index is 8830. The van der Waals surface area contributed by atoms with E-state index < -0.39 is 312 Å². The number of aromatic nitrogens is 4. The molecular weight excluding hydrogens is 1680 g/mol. The average molecular weight is 1830 g/mol. The fraction of sp³-hybridized carbons (Fsp3) is 0.269. The van der Waals surface area contributed by atoms with Crippen molar-refractivity contribution >= 4 is 112 Å². The Morgan fingerprint density at radius 1 is 0.402 bits per heavy atom. The fourth-order valence-corrected chi connectivity index (χ4v) is 11.6. The lowest BCUT2D eigenvalue weighted by Crippen LogP contribution is -2.11. The number of carbonyl (C=O) groups is 4. The number of rotatable bonds is 36. The number of nitriles is 4. The Kier molecular flexibility index (Phi) is 20.7. The highest BCUT2D eigenvalue weighted by molar-refractivity contribution is 6.03. The highest BCUT2D eigenvalue weighted by Crippen LogP contribution is 2.40. The van der Waals surface area contributed by atoms with Crippen molar-refractivity contribution in [2.24, 2.45) is 0 Å². The number of ether oxygens (including phenoxy) is 4. The van der Waals surface area contributed by atoms with E-state index in [-0.39, 0.29) is 136 Å². The summed E-state index contributed by atoms with van der Waals surface area (Å²) in [5.74, 6) is -9.10. The van der Waals surface area contributed by atoms with E-state index in [2.05, 4.69) is 41.2 Å². The number of pyridine rings is 4. The molecule has 0 atom stereocenters. The summed E-state index contributed by atoms with van der Waals surface area (Å²) < 4.78 is 422. The van der Waals surface area contributed by atoms with Crippen molar-refractivity contribution in [3.63, 3.8) is 0 Å². The number of hydrogen-bond donors (Lipinski definition) is 4. The van der Waals surface area contributed by atoms with Crippen molar-refractivity contribution in [3.8, 4) is 47.3 Å². The van der Waals surface area contributed by atoms with Crippen LogP contribution < -0.4 is 40.2 Å². The molecular formula is C104H108F4N16O8. The number of halogens is 4. The van der Waals surface area contributed by atoms with Crippen molar-refractivity contribution in [3.05, 3.63) is 284 Å². The van der Waals surface area contributed by atoms with Crippen LogP contribution in [0.15, 0.2) is 194 Å². The van der Waals surface area contributed by atoms with Gasteiger partial charge in [-0.05, 0) is 255 Å². The molecule has 0 aliphatic heterocycles. The van der Waals surface area contributed by atoms with Gasteiger partial charge in [0, 0.05) is 191 Å². The van der Waals surface area contributed by atoms with Crippen molar-refractivity contribution < 1.29 is 115 Å². The number of likely N-dealkylation sites (N-methyl/N-ethyl adjacent to an activating group) is 4. The minimum Gasteiger partial charge on any atom is -0.494 e. The molecule has 0 aliphatic carbocycles. The minimum absolute atomic E-state index is 0.0403. The maximum absolute atomic E-state index is 14.0. The van der Waals surface area contributed by atoms with Crippen molar-refractivity contribution in [2.75, 3.05) is 130 Å². The van der Waals surface area contributed by atoms with E-state index >= 15 is 0 Å². The molecule has 8 aromatic carbocycles. The van der Waals surface area contributed by atoms with Crippen LogP contribution >= 0.6 is 0 Å². The van der Waals surface area contributed by atoms with E-state index in [1.165, 1.54) is 110 Å². The number of benzene rings is 8. The van der Waals surface area contributed by atoms with Crippen molar-refractivity contribution in [1.82, 2.24) is 39.5 Å². The summed E-state index contributed by atoms with van der Waals surface area (Å²) >= 11 is 0. The number of aryl methyl sites for hydroxylation is 4. The molecule has 0 amide bonds. The first-order valence-electron chi connectivity index (χ1n) is 60.4. The van der Waals surface area contributed by atoms with E-state index in [4.69, 9.17) is 77.9 Å². The third-order valence-corrected chi connectivity index (χ3v) is 17.6. The molecule has 132 heavy (non-hydrogen) atoms. The van der Waals surface area contributed by atoms with Crippen LogP contribution in [0.25, 0.3) is 43.6 Å². The molecule has 0 aliphatic rings. The molecule has 0 radical (unpaired) electrons. The number of ketones is 4. The molecule has 0 saturated carbocycles. The summed E-state index contributed by atoms with van der Waals surface area (Å²) in [7, 11) is 6.08. The molecule has 12 rings (SSSR count). The van der Waals surface area contributed by atoms with Gasteiger partial charge in [0.25, 0.3) is 0 Å². The van der Waals surface area contributed by atoms with Crippen LogP contribution in [0.3, 0.4) is 0 Å². The quantitative estimate of drug-likeness (QED) is 0.0209. The first kappa shape index (κ1) is 55.7. The molecule has 0 saturated heterocycles. The van der Waals surface area contributed by atoms with Gasteiger partial charge in [-0.2, -0.15) is 21.0 Å². The number of nitrogens with one attached hydrogen (secondary N) is 4. The van der Waals surface area contributed by atoms with E-state index in [0.717, 1.165) is 51.8 Å². The number of allylic oxidation sites excluding steroid dienone is 4. The zero-order valence-electron chi connectivity index (χ0n) is 115. The Labute approximate surface area is 828 Å². The monoisotopic (exact) mass is 1830 g/mol. The molecule has 0 spiro atoms. The van der Waals surface area contributed by atoms with Gasteiger partial charge in [-0.25, -0.2) is 17.6 Å². The number of fused-ring (bicyclic) bond motifs is 4. The van der Waals surface area contributed by atoms with E-state index in [1.807, 2.05) is 12.1 Å². The molecule has 4 aromatic heterocycles. The molecule has 4 heterocycles. The summed E-state index contributed by atoms with van der Waals surface area (Å²) in [6.07, 6.45) is -5.98. The highest BCUT2D eigenvalue weighted by atomic mass is 19.1. The summed E-state index contributed by atoms with van der Waals surface area (Å²) in [5.41, 5.74) is -3.45. The molecule has 24 nitrogen and oxygen atoms in total. The Balaban J connectivity index is 0.000000255. The van der Waals surface area contributed by atoms with Crippen molar-refractivity contribution in [1.29, 1.82) is 21.0 Å². The Hall–Kier alpha value is -15.0. The second-order valence-electron chi connectivity index (χ2n) is 28.1. The zero-order chi connectivity index (χ0) is 133. The number of anilines is 8. The zero-order valence-corrected chi connectivity index (χ0v) is 72.2. The molecule has 28 heteroatoms. The molecule has 0 unspecified atom stereocenters. The predicted octanol–water partition coefficient (Wildman–Crippen LogP) is 19.7. The van der Waals surface area contributed by atoms with Gasteiger partial charge in [0.05, 0.1) is 129 Å². The lowest BCUT2D eigenvalue weighted by molar-refractivity contribution is -0.114. The van der Waals surface area contributed by atoms with Gasteiger partial charge in [0.15, 0.2) is 23.1 Å². The number of hydrogen-bond acceptors (Lipinski definition) is 24. The first-order chi connectivity index (χ1) is 80.4. The van der Waals surface area contributed by atoms with Gasteiger partial charge in [0.1, 0.15) is 70.5 Å². The van der Waals surface area contributed by atoms with Gasteiger partial charge in [-0.3, -0.25) is 39.1 Å². The summed E-state index contributed by atoms with van der Waals surface area (Å²) in [5, 5.41) is 49.9. The van der Waals surface area contributed by atoms with Gasteiger partial charge < -0.3 is 59.8 Å². The third kappa shape index (κ3) is 28.5. The molecule has 0 bridgehead atoms. The van der Waals surface area contributed by atoms with Gasteiger partial charge >= 0.3 is 0 Å². The van der Waals surface area contributed by atoms with Crippen LogP contribution in [0.2, 0.25) is 0 Å². The lowest BCUT2D eigenvalue weighted by Gasteiger charge is -2.15. The SMILES string of the molecule is [2H]/C(C(=O)Cc1c(OC([2H])([2H])C([2H])([2H])[2H])c([2H])c2nc([2H])c(C#N)c(Nc3ccc(F)c(C)c3)c2c1[2H])=C(/[2H])C([2H])([2H])N(C)C.[2H]/C(CN(C)C([2H])([2H])[2H])=C(/[2H])C(=O)Cc1c(OC([2H])([2H])C([2H])([2H])[2H])c([2H])c2nc([2H])c(C#N)c(Nc3ccc(F)c(C)c3)c2c1[2H].[2H]/C(CN(C)C([2H])([2H])[2H])=C(/[2H])C(=O)Cc1c(OC([2H])([2H])C)c([2H])c2nc([2H])c(C#N)c(Nc3ccc(F)c(C)c3)c2c1[2H].[2H]/C(CN(C)C([2H])([2H])[2H])=C(/[2H])C(=O)Cc1c(OCC)c([2H])c2nc([2H])c(C#N)c(Nc3ccc(F)c(C)c3)c2c1[2H]. The summed E-state index contributed by atoms with van der Waals surface area (Å²) in [6, 6.07) is 11.0. The molecule has 4 N–H and O–H groups in total. The van der Waals surface area contributed by atoms with Crippen LogP contribution in [0.5, 0.6) is 23.0 Å². The molecule has 12 aromatic rings. The topological polar surface area (TPSA) is 313 Å². The van der Waals surface area contributed by atoms with E-state index in [0.29, 0.717) is 11.3 Å². The minimum atomic E-state index is -3.48. The predicted molar refractivity (Wildman–Crippen MR) is 514 cm³/mol. The van der Waals surface area contributed by atoms with Crippen molar-refractivity contribution in [2.45, 2.75) is 80.9 Å². The summed E-state index contributed by atoms with van der Waals surface area (Å²) in [4.78, 5) is 71.9. The van der Waals surface area contributed by atoms with Crippen LogP contribution in [-0.2, 0) is 44.9 Å². The first-order valence-corrected chi connectivity index (χ1v) is 38.9. The van der Waals surface area contributed by atoms with E-state index in [1.54, 1.807) is 19.1 Å². The second kappa shape index (κ2) is 48.9. The number of carbonyl (C=O) groups excluding carboxylic acids is 4. The maximum Gasteiger partial charge on any atom is 0.159 e. The largest absolute Gasteiger partial charge is 0.494 e.